The van der Waals surface area contributed by atoms with Crippen LogP contribution in [0.15, 0.2) is 83.4 Å². The topological polar surface area (TPSA) is 106 Å². The Morgan fingerprint density at radius 2 is 1.85 bits per heavy atom. The first kappa shape index (κ1) is 25.9. The number of benzene rings is 2. The number of nitrogens with zero attached hydrogens (tertiary/aromatic N) is 2. The van der Waals surface area contributed by atoms with Gasteiger partial charge in [0, 0.05) is 24.4 Å². The highest BCUT2D eigenvalue weighted by molar-refractivity contribution is 7.80. The number of pyridine rings is 1. The Hall–Kier alpha value is -4.70. The molecule has 2 N–H and O–H groups in total. The van der Waals surface area contributed by atoms with E-state index < -0.39 is 12.0 Å². The number of hydrogen-bond donors (Lipinski definition) is 2. The van der Waals surface area contributed by atoms with Gasteiger partial charge >= 0.3 is 5.97 Å². The summed E-state index contributed by atoms with van der Waals surface area (Å²) in [5.74, 6) is 0.950. The van der Waals surface area contributed by atoms with Crippen LogP contribution in [0.4, 0.5) is 11.4 Å². The van der Waals surface area contributed by atoms with Crippen molar-refractivity contribution < 1.29 is 23.5 Å². The predicted octanol–water partition coefficient (Wildman–Crippen LogP) is 5.27. The lowest BCUT2D eigenvalue weighted by atomic mass is 10.0. The smallest absolute Gasteiger partial charge is 0.338 e. The zero-order valence-electron chi connectivity index (χ0n) is 21.5. The van der Waals surface area contributed by atoms with Gasteiger partial charge in [-0.15, -0.1) is 0 Å². The van der Waals surface area contributed by atoms with Gasteiger partial charge in [0.1, 0.15) is 23.3 Å². The summed E-state index contributed by atoms with van der Waals surface area (Å²) in [5, 5.41) is 6.66. The normalized spacial score (nSPS) is 16.5. The van der Waals surface area contributed by atoms with Crippen molar-refractivity contribution in [3.05, 3.63) is 96.0 Å². The highest BCUT2D eigenvalue weighted by atomic mass is 32.1. The minimum atomic E-state index is -0.455. The lowest BCUT2D eigenvalue weighted by Gasteiger charge is -2.27. The van der Waals surface area contributed by atoms with Crippen LogP contribution in [0.3, 0.4) is 0 Å². The Labute approximate surface area is 230 Å². The number of carbonyl (C=O) groups excluding carboxylic acids is 2. The fraction of sp³-hybridized carbons (Fsp3) is 0.172. The Balaban J connectivity index is 1.62. The lowest BCUT2D eigenvalue weighted by Crippen LogP contribution is -2.29. The quantitative estimate of drug-likeness (QED) is 0.239. The molecule has 3 heterocycles. The molecule has 2 aromatic heterocycles. The molecule has 198 valence electrons. The third kappa shape index (κ3) is 5.06. The summed E-state index contributed by atoms with van der Waals surface area (Å²) in [6.07, 6.45) is 1.72. The van der Waals surface area contributed by atoms with Crippen LogP contribution in [0.25, 0.3) is 11.3 Å². The summed E-state index contributed by atoms with van der Waals surface area (Å²) in [4.78, 5) is 30.8. The van der Waals surface area contributed by atoms with Gasteiger partial charge in [-0.1, -0.05) is 24.3 Å². The van der Waals surface area contributed by atoms with E-state index in [0.29, 0.717) is 44.9 Å². The van der Waals surface area contributed by atoms with Crippen LogP contribution in [-0.2, 0) is 9.53 Å². The standard InChI is InChI=1S/C29H26N4O5S/c1-17(34)31-22-16-18(11-12-24(22)36-2)33-27(26(32-29(33)39)21-10-6-7-15-30-21)25-14-13-23(38-25)19-8-4-5-9-20(19)28(35)37-3/h4-16,26-27H,1-3H3,(H,31,34)(H,32,39)/t26-,27+/m1/s1. The summed E-state index contributed by atoms with van der Waals surface area (Å²) in [6.45, 7) is 1.44. The monoisotopic (exact) mass is 542 g/mol. The number of carbonyl (C=O) groups is 2. The molecular weight excluding hydrogens is 516 g/mol. The third-order valence-corrected chi connectivity index (χ3v) is 6.70. The van der Waals surface area contributed by atoms with E-state index in [9.17, 15) is 9.59 Å². The van der Waals surface area contributed by atoms with Crippen LogP contribution >= 0.6 is 12.2 Å². The van der Waals surface area contributed by atoms with Crippen LogP contribution in [-0.4, -0.2) is 36.2 Å². The molecule has 0 radical (unpaired) electrons. The van der Waals surface area contributed by atoms with Gasteiger partial charge in [0.15, 0.2) is 5.11 Å². The Morgan fingerprint density at radius 3 is 2.56 bits per heavy atom. The second-order valence-corrected chi connectivity index (χ2v) is 9.19. The van der Waals surface area contributed by atoms with E-state index in [1.165, 1.54) is 14.0 Å². The maximum atomic E-state index is 12.4. The molecule has 0 saturated carbocycles. The fourth-order valence-corrected chi connectivity index (χ4v) is 5.04. The van der Waals surface area contributed by atoms with Gasteiger partial charge in [-0.25, -0.2) is 4.79 Å². The van der Waals surface area contributed by atoms with Gasteiger partial charge < -0.3 is 29.4 Å². The molecule has 1 aliphatic heterocycles. The molecule has 1 fully saturated rings. The molecule has 10 heteroatoms. The second kappa shape index (κ2) is 11.0. The highest BCUT2D eigenvalue weighted by Crippen LogP contribution is 2.44. The maximum absolute atomic E-state index is 12.4. The summed E-state index contributed by atoms with van der Waals surface area (Å²) in [7, 11) is 2.88. The number of aromatic nitrogens is 1. The molecule has 1 amide bonds. The first-order valence-corrected chi connectivity index (χ1v) is 12.6. The number of esters is 1. The fourth-order valence-electron chi connectivity index (χ4n) is 4.70. The molecule has 0 aliphatic carbocycles. The van der Waals surface area contributed by atoms with E-state index in [0.717, 1.165) is 5.69 Å². The van der Waals surface area contributed by atoms with Crippen molar-refractivity contribution >= 4 is 40.6 Å². The minimum Gasteiger partial charge on any atom is -0.495 e. The number of ether oxygens (including phenoxy) is 2. The Kier molecular flexibility index (Phi) is 7.29. The number of nitrogens with one attached hydrogen (secondary N) is 2. The van der Waals surface area contributed by atoms with Crippen molar-refractivity contribution in [1.82, 2.24) is 10.3 Å². The van der Waals surface area contributed by atoms with Gasteiger partial charge in [0.05, 0.1) is 37.2 Å². The molecule has 2 atom stereocenters. The summed E-state index contributed by atoms with van der Waals surface area (Å²) >= 11 is 5.81. The summed E-state index contributed by atoms with van der Waals surface area (Å²) in [6, 6.07) is 21.1. The van der Waals surface area contributed by atoms with E-state index in [1.807, 2.05) is 53.4 Å². The van der Waals surface area contributed by atoms with E-state index in [4.69, 9.17) is 26.1 Å². The van der Waals surface area contributed by atoms with Crippen LogP contribution in [0, 0.1) is 0 Å². The van der Waals surface area contributed by atoms with E-state index in [2.05, 4.69) is 15.6 Å². The van der Waals surface area contributed by atoms with Crippen molar-refractivity contribution in [3.63, 3.8) is 0 Å². The zero-order chi connectivity index (χ0) is 27.5. The largest absolute Gasteiger partial charge is 0.495 e. The molecule has 9 nitrogen and oxygen atoms in total. The van der Waals surface area contributed by atoms with E-state index >= 15 is 0 Å². The average molecular weight is 543 g/mol. The van der Waals surface area contributed by atoms with Crippen molar-refractivity contribution in [2.24, 2.45) is 0 Å². The number of anilines is 2. The SMILES string of the molecule is COC(=O)c1ccccc1-c1ccc([C@H]2[C@@H](c3ccccn3)NC(=S)N2c2ccc(OC)c(NC(C)=O)c2)o1. The number of amides is 1. The molecular formula is C29H26N4O5S. The van der Waals surface area contributed by atoms with Crippen LogP contribution < -0.4 is 20.3 Å². The van der Waals surface area contributed by atoms with Crippen LogP contribution in [0.2, 0.25) is 0 Å². The van der Waals surface area contributed by atoms with Crippen LogP contribution in [0.5, 0.6) is 5.75 Å². The molecule has 0 spiro atoms. The Bertz CT molecular complexity index is 1540. The Morgan fingerprint density at radius 1 is 1.05 bits per heavy atom. The molecule has 4 aromatic rings. The second-order valence-electron chi connectivity index (χ2n) is 8.80. The molecule has 0 bridgehead atoms. The van der Waals surface area contributed by atoms with Crippen molar-refractivity contribution in [3.8, 4) is 17.1 Å². The predicted molar refractivity (Wildman–Crippen MR) is 151 cm³/mol. The molecule has 0 unspecified atom stereocenters. The van der Waals surface area contributed by atoms with Gasteiger partial charge in [-0.05, 0) is 60.7 Å². The average Bonchev–Trinajstić information content (AvgIpc) is 3.57. The minimum absolute atomic E-state index is 0.226. The lowest BCUT2D eigenvalue weighted by molar-refractivity contribution is -0.114. The summed E-state index contributed by atoms with van der Waals surface area (Å²) < 4.78 is 16.8. The number of hydrogen-bond acceptors (Lipinski definition) is 7. The number of rotatable bonds is 7. The van der Waals surface area contributed by atoms with E-state index in [1.54, 1.807) is 37.6 Å². The molecule has 5 rings (SSSR count). The molecule has 39 heavy (non-hydrogen) atoms. The van der Waals surface area contributed by atoms with Gasteiger partial charge in [-0.3, -0.25) is 9.78 Å². The number of thiocarbonyl (C=S) groups is 1. The van der Waals surface area contributed by atoms with Crippen molar-refractivity contribution in [2.75, 3.05) is 24.4 Å². The van der Waals surface area contributed by atoms with Gasteiger partial charge in [0.2, 0.25) is 5.91 Å². The number of methoxy groups -OCH3 is 2. The first-order chi connectivity index (χ1) is 18.9. The highest BCUT2D eigenvalue weighted by Gasteiger charge is 2.43. The van der Waals surface area contributed by atoms with Gasteiger partial charge in [-0.2, -0.15) is 0 Å². The maximum Gasteiger partial charge on any atom is 0.338 e. The van der Waals surface area contributed by atoms with Crippen molar-refractivity contribution in [2.45, 2.75) is 19.0 Å². The van der Waals surface area contributed by atoms with E-state index in [-0.39, 0.29) is 11.9 Å². The summed E-state index contributed by atoms with van der Waals surface area (Å²) in [5.41, 5.74) is 3.01. The third-order valence-electron chi connectivity index (χ3n) is 6.39. The zero-order valence-corrected chi connectivity index (χ0v) is 22.3. The van der Waals surface area contributed by atoms with Gasteiger partial charge in [0.25, 0.3) is 0 Å². The molecule has 2 aromatic carbocycles. The molecule has 1 saturated heterocycles. The van der Waals surface area contributed by atoms with Crippen LogP contribution in [0.1, 0.15) is 40.8 Å². The van der Waals surface area contributed by atoms with Crippen molar-refractivity contribution in [1.29, 1.82) is 0 Å². The molecule has 1 aliphatic rings. The first-order valence-electron chi connectivity index (χ1n) is 12.1. The number of furan rings is 1.